The molecule has 41 heavy (non-hydrogen) atoms. The van der Waals surface area contributed by atoms with Crippen molar-refractivity contribution in [1.82, 2.24) is 33.8 Å². The fourth-order valence-corrected chi connectivity index (χ4v) is 6.25. The van der Waals surface area contributed by atoms with Gasteiger partial charge in [0, 0.05) is 30.0 Å². The first-order chi connectivity index (χ1) is 19.5. The molecular weight excluding hydrogens is 557 g/mol. The van der Waals surface area contributed by atoms with E-state index in [-0.39, 0.29) is 19.4 Å². The summed E-state index contributed by atoms with van der Waals surface area (Å²) in [6.45, 7) is 9.52. The molecule has 220 valence electrons. The molecule has 5 heterocycles. The second kappa shape index (κ2) is 10.3. The first-order valence-electron chi connectivity index (χ1n) is 13.7. The van der Waals surface area contributed by atoms with Gasteiger partial charge in [-0.2, -0.15) is 22.6 Å². The molecule has 4 aromatic rings. The van der Waals surface area contributed by atoms with Gasteiger partial charge in [0.2, 0.25) is 0 Å². The van der Waals surface area contributed by atoms with Crippen molar-refractivity contribution in [2.75, 3.05) is 18.5 Å². The number of alkyl halides is 3. The van der Waals surface area contributed by atoms with Crippen LogP contribution in [0.1, 0.15) is 51.4 Å². The summed E-state index contributed by atoms with van der Waals surface area (Å²) < 4.78 is 58.8. The topological polar surface area (TPSA) is 109 Å². The minimum absolute atomic E-state index is 0.113. The highest BCUT2D eigenvalue weighted by atomic mass is 32.1. The molecular formula is C27H33F3N8O2S. The van der Waals surface area contributed by atoms with Gasteiger partial charge in [0.05, 0.1) is 41.5 Å². The molecule has 6 rings (SSSR count). The van der Waals surface area contributed by atoms with E-state index in [0.717, 1.165) is 27.6 Å². The van der Waals surface area contributed by atoms with Gasteiger partial charge >= 0.3 is 6.18 Å². The van der Waals surface area contributed by atoms with Crippen LogP contribution in [0.3, 0.4) is 0 Å². The predicted octanol–water partition coefficient (Wildman–Crippen LogP) is 5.70. The van der Waals surface area contributed by atoms with E-state index in [1.54, 1.807) is 12.4 Å². The van der Waals surface area contributed by atoms with Crippen molar-refractivity contribution in [2.24, 2.45) is 5.41 Å². The number of anilines is 2. The number of hydrogen-bond donors (Lipinski definition) is 2. The number of likely N-dealkylation sites (N-methyl/N-ethyl adjacent to an activating group) is 1. The Bertz CT molecular complexity index is 1510. The normalized spacial score (nSPS) is 20.5. The summed E-state index contributed by atoms with van der Waals surface area (Å²) in [7, 11) is 0. The number of aromatic nitrogens is 6. The van der Waals surface area contributed by atoms with Crippen LogP contribution in [0.4, 0.5) is 24.0 Å². The van der Waals surface area contributed by atoms with Crippen molar-refractivity contribution >= 4 is 28.0 Å². The van der Waals surface area contributed by atoms with Crippen LogP contribution in [0.25, 0.3) is 16.9 Å². The average molecular weight is 591 g/mol. The number of hydrogen-bond acceptors (Lipinski definition) is 9. The smallest absolute Gasteiger partial charge is 0.348 e. The summed E-state index contributed by atoms with van der Waals surface area (Å²) in [5.74, 6) is 0.623. The molecule has 0 radical (unpaired) electrons. The van der Waals surface area contributed by atoms with Crippen LogP contribution in [0.5, 0.6) is 0 Å². The Morgan fingerprint density at radius 3 is 2.76 bits per heavy atom. The van der Waals surface area contributed by atoms with Gasteiger partial charge in [0.15, 0.2) is 17.8 Å². The molecule has 0 bridgehead atoms. The number of halogens is 3. The molecule has 14 heteroatoms. The first kappa shape index (κ1) is 28.1. The largest absolute Gasteiger partial charge is 0.397 e. The summed E-state index contributed by atoms with van der Waals surface area (Å²) in [4.78, 5) is 11.4. The predicted molar refractivity (Wildman–Crippen MR) is 148 cm³/mol. The Kier molecular flexibility index (Phi) is 7.07. The summed E-state index contributed by atoms with van der Waals surface area (Å²) in [5.41, 5.74) is 2.01. The highest BCUT2D eigenvalue weighted by Crippen LogP contribution is 2.61. The second-order valence-electron chi connectivity index (χ2n) is 11.4. The maximum atomic E-state index is 13.6. The van der Waals surface area contributed by atoms with Crippen LogP contribution < -0.4 is 5.32 Å². The van der Waals surface area contributed by atoms with Crippen molar-refractivity contribution in [3.05, 3.63) is 42.2 Å². The molecule has 2 aliphatic rings. The Morgan fingerprint density at radius 1 is 1.29 bits per heavy atom. The van der Waals surface area contributed by atoms with Crippen LogP contribution in [0.2, 0.25) is 0 Å². The number of fused-ring (bicyclic) bond motifs is 1. The number of epoxide rings is 1. The summed E-state index contributed by atoms with van der Waals surface area (Å²) in [6.07, 6.45) is 2.11. The van der Waals surface area contributed by atoms with Crippen molar-refractivity contribution in [2.45, 2.75) is 77.6 Å². The second-order valence-corrected chi connectivity index (χ2v) is 12.2. The third kappa shape index (κ3) is 5.22. The molecule has 0 amide bonds. The van der Waals surface area contributed by atoms with Gasteiger partial charge in [-0.05, 0) is 57.8 Å². The molecule has 4 aromatic heterocycles. The number of rotatable bonds is 11. The minimum atomic E-state index is -4.27. The number of ether oxygens (including phenoxy) is 2. The van der Waals surface area contributed by atoms with Crippen LogP contribution >= 0.6 is 11.5 Å². The molecule has 0 aromatic carbocycles. The lowest BCUT2D eigenvalue weighted by Gasteiger charge is -2.42. The summed E-state index contributed by atoms with van der Waals surface area (Å²) >= 11 is 1.33. The van der Waals surface area contributed by atoms with E-state index in [1.165, 1.54) is 11.5 Å². The first-order valence-corrected chi connectivity index (χ1v) is 14.4. The quantitative estimate of drug-likeness (QED) is 0.214. The van der Waals surface area contributed by atoms with Crippen LogP contribution in [0, 0.1) is 12.3 Å². The molecule has 0 spiro atoms. The lowest BCUT2D eigenvalue weighted by molar-refractivity contribution is -0.258. The third-order valence-electron chi connectivity index (χ3n) is 8.21. The van der Waals surface area contributed by atoms with E-state index in [0.29, 0.717) is 31.0 Å². The van der Waals surface area contributed by atoms with E-state index in [9.17, 15) is 13.2 Å². The van der Waals surface area contributed by atoms with Crippen LogP contribution in [-0.4, -0.2) is 71.1 Å². The van der Waals surface area contributed by atoms with E-state index < -0.39 is 29.5 Å². The van der Waals surface area contributed by atoms with Crippen molar-refractivity contribution in [1.29, 1.82) is 0 Å². The fraction of sp³-hybridized carbons (Fsp3) is 0.556. The maximum absolute atomic E-state index is 13.6. The lowest BCUT2D eigenvalue weighted by Crippen LogP contribution is -2.50. The molecule has 2 N–H and O–H groups in total. The fourth-order valence-electron chi connectivity index (χ4n) is 5.59. The lowest BCUT2D eigenvalue weighted by atomic mass is 9.66. The van der Waals surface area contributed by atoms with Gasteiger partial charge < -0.3 is 14.8 Å². The summed E-state index contributed by atoms with van der Waals surface area (Å²) in [5, 5.41) is 11.1. The number of aryl methyl sites for hydroxylation is 1. The molecule has 10 nitrogen and oxygen atoms in total. The standard InChI is InChI=1S/C27H33F3N8O2S/c1-5-37(25(3,4)15-39-24-21(40-24)26(7-6-8-26)27(28,29)30)14-18-9-20(41-36-18)35-22-23-31-12-19(17-10-32-33-11-17)38(23)13-16(2)34-22/h9-13,21,24H,5-8,14-15H2,1-4H3,(H,32,33)(H,34,35). The highest BCUT2D eigenvalue weighted by Gasteiger charge is 2.70. The molecule has 1 aliphatic heterocycles. The van der Waals surface area contributed by atoms with Gasteiger partial charge in [-0.3, -0.25) is 14.4 Å². The minimum Gasteiger partial charge on any atom is -0.348 e. The molecule has 1 saturated carbocycles. The van der Waals surface area contributed by atoms with Crippen LogP contribution in [0.15, 0.2) is 30.9 Å². The zero-order valence-electron chi connectivity index (χ0n) is 23.3. The SMILES string of the molecule is CCN(Cc1cc(Nc2nc(C)cn3c(-c4cn[nH]c4)cnc23)sn1)C(C)(C)COC1OC1C1(C(F)(F)F)CCC1. The molecule has 2 atom stereocenters. The van der Waals surface area contributed by atoms with Crippen molar-refractivity contribution < 1.29 is 22.6 Å². The van der Waals surface area contributed by atoms with Crippen LogP contribution in [-0.2, 0) is 16.0 Å². The molecule has 1 aliphatic carbocycles. The molecule has 1 saturated heterocycles. The monoisotopic (exact) mass is 590 g/mol. The van der Waals surface area contributed by atoms with E-state index >= 15 is 0 Å². The molecule has 2 unspecified atom stereocenters. The van der Waals surface area contributed by atoms with Gasteiger partial charge in [0.25, 0.3) is 0 Å². The van der Waals surface area contributed by atoms with E-state index in [2.05, 4.69) is 34.8 Å². The third-order valence-corrected chi connectivity index (χ3v) is 8.95. The Balaban J connectivity index is 1.10. The average Bonchev–Trinajstić information content (AvgIpc) is 3.26. The van der Waals surface area contributed by atoms with Crippen molar-refractivity contribution in [3.63, 3.8) is 0 Å². The Morgan fingerprint density at radius 2 is 2.10 bits per heavy atom. The molecule has 2 fully saturated rings. The zero-order chi connectivity index (χ0) is 29.0. The Hall–Kier alpha value is -3.07. The number of aromatic amines is 1. The number of H-pyrrole nitrogens is 1. The highest BCUT2D eigenvalue weighted by molar-refractivity contribution is 7.10. The number of nitrogens with one attached hydrogen (secondary N) is 2. The van der Waals surface area contributed by atoms with E-state index in [4.69, 9.17) is 9.47 Å². The van der Waals surface area contributed by atoms with E-state index in [1.807, 2.05) is 50.6 Å². The zero-order valence-corrected chi connectivity index (χ0v) is 24.1. The van der Waals surface area contributed by atoms with Gasteiger partial charge in [-0.1, -0.05) is 13.3 Å². The number of imidazole rings is 1. The van der Waals surface area contributed by atoms with Gasteiger partial charge in [0.1, 0.15) is 11.1 Å². The summed E-state index contributed by atoms with van der Waals surface area (Å²) in [6, 6.07) is 1.98. The number of nitrogens with zero attached hydrogens (tertiary/aromatic N) is 6. The van der Waals surface area contributed by atoms with Gasteiger partial charge in [-0.25, -0.2) is 9.97 Å². The Labute approximate surface area is 239 Å². The maximum Gasteiger partial charge on any atom is 0.397 e. The van der Waals surface area contributed by atoms with Gasteiger partial charge in [-0.15, -0.1) is 0 Å². The van der Waals surface area contributed by atoms with Crippen molar-refractivity contribution in [3.8, 4) is 11.3 Å².